The second-order valence-electron chi connectivity index (χ2n) is 7.30. The number of carbonyl (C=O) groups excluding carboxylic acids is 3. The number of amides is 3. The van der Waals surface area contributed by atoms with E-state index < -0.39 is 0 Å². The summed E-state index contributed by atoms with van der Waals surface area (Å²) in [4.78, 5) is 48.9. The number of hydrogen-bond donors (Lipinski definition) is 0. The molecule has 0 spiro atoms. The molecule has 0 aliphatic carbocycles. The average Bonchev–Trinajstić information content (AvgIpc) is 2.81. The maximum absolute atomic E-state index is 13.1. The summed E-state index contributed by atoms with van der Waals surface area (Å²) in [5, 5.41) is 5.54. The van der Waals surface area contributed by atoms with E-state index in [1.165, 1.54) is 35.7 Å². The minimum Gasteiger partial charge on any atom is -0.334 e. The first-order valence-electron chi connectivity index (χ1n) is 9.98. The van der Waals surface area contributed by atoms with Crippen molar-refractivity contribution in [2.75, 3.05) is 26.2 Å². The molecule has 1 saturated heterocycles. The van der Waals surface area contributed by atoms with E-state index in [1.807, 2.05) is 0 Å². The van der Waals surface area contributed by atoms with E-state index in [0.29, 0.717) is 31.9 Å². The van der Waals surface area contributed by atoms with Crippen molar-refractivity contribution < 1.29 is 18.8 Å². The molecule has 2 aromatic rings. The first-order chi connectivity index (χ1) is 15.0. The molecule has 1 aromatic carbocycles. The third-order valence-corrected chi connectivity index (χ3v) is 5.23. The molecule has 0 unspecified atom stereocenters. The van der Waals surface area contributed by atoms with Gasteiger partial charge in [0.1, 0.15) is 17.2 Å². The normalized spacial score (nSPS) is 16.9. The van der Waals surface area contributed by atoms with Gasteiger partial charge in [-0.15, -0.1) is 0 Å². The summed E-state index contributed by atoms with van der Waals surface area (Å²) < 4.78 is 13.1. The Morgan fingerprint density at radius 1 is 0.935 bits per heavy atom. The number of halogens is 1. The van der Waals surface area contributed by atoms with Gasteiger partial charge in [-0.05, 0) is 17.7 Å². The zero-order chi connectivity index (χ0) is 21.8. The highest BCUT2D eigenvalue weighted by molar-refractivity contribution is 6.39. The fraction of sp³-hybridized carbons (Fsp3) is 0.333. The largest absolute Gasteiger partial charge is 0.334 e. The number of hydrogen-bond acceptors (Lipinski definition) is 6. The van der Waals surface area contributed by atoms with E-state index in [-0.39, 0.29) is 48.6 Å². The quantitative estimate of drug-likeness (QED) is 0.731. The number of nitrogens with zero attached hydrogens (tertiary/aromatic N) is 6. The summed E-state index contributed by atoms with van der Waals surface area (Å²) in [6.07, 6.45) is 4.85. The van der Waals surface area contributed by atoms with Crippen LogP contribution in [0, 0.1) is 5.82 Å². The summed E-state index contributed by atoms with van der Waals surface area (Å²) in [6.45, 7) is 1.68. The van der Waals surface area contributed by atoms with Crippen LogP contribution in [-0.4, -0.2) is 74.4 Å². The van der Waals surface area contributed by atoms with Gasteiger partial charge in [-0.1, -0.05) is 12.1 Å². The highest BCUT2D eigenvalue weighted by atomic mass is 19.1. The highest BCUT2D eigenvalue weighted by Crippen LogP contribution is 2.16. The molecule has 0 atom stereocenters. The van der Waals surface area contributed by atoms with Crippen molar-refractivity contribution >= 4 is 23.4 Å². The van der Waals surface area contributed by atoms with E-state index in [2.05, 4.69) is 15.1 Å². The van der Waals surface area contributed by atoms with Crippen LogP contribution in [0.15, 0.2) is 48.0 Å². The monoisotopic (exact) mass is 424 g/mol. The second-order valence-corrected chi connectivity index (χ2v) is 7.30. The molecule has 31 heavy (non-hydrogen) atoms. The molecule has 0 saturated carbocycles. The van der Waals surface area contributed by atoms with Crippen LogP contribution < -0.4 is 0 Å². The minimum absolute atomic E-state index is 0.177. The third-order valence-electron chi connectivity index (χ3n) is 5.23. The van der Waals surface area contributed by atoms with Gasteiger partial charge in [-0.3, -0.25) is 19.4 Å². The number of piperazine rings is 1. The standard InChI is InChI=1S/C21H21FN6O3/c22-16-3-1-15(2-4-16)14-28-19(29)6-5-17(25-28)20(30)26-9-11-27(12-10-26)21(31)18-13-23-7-8-24-18/h1-4,7-8,13H,5-6,9-12,14H2. The summed E-state index contributed by atoms with van der Waals surface area (Å²) >= 11 is 0. The van der Waals surface area contributed by atoms with E-state index in [4.69, 9.17) is 0 Å². The van der Waals surface area contributed by atoms with E-state index in [9.17, 15) is 18.8 Å². The molecule has 9 nitrogen and oxygen atoms in total. The lowest BCUT2D eigenvalue weighted by Gasteiger charge is -2.35. The topological polar surface area (TPSA) is 99.1 Å². The number of hydrazone groups is 1. The third kappa shape index (κ3) is 4.73. The van der Waals surface area contributed by atoms with Crippen LogP contribution in [0.4, 0.5) is 4.39 Å². The van der Waals surface area contributed by atoms with Crippen LogP contribution in [0.25, 0.3) is 0 Å². The first-order valence-corrected chi connectivity index (χ1v) is 9.98. The van der Waals surface area contributed by atoms with Gasteiger partial charge in [0.25, 0.3) is 11.8 Å². The molecule has 2 aliphatic heterocycles. The fourth-order valence-electron chi connectivity index (χ4n) is 3.51. The Hall–Kier alpha value is -3.69. The summed E-state index contributed by atoms with van der Waals surface area (Å²) in [5.41, 5.74) is 1.31. The Morgan fingerprint density at radius 3 is 2.26 bits per heavy atom. The lowest BCUT2D eigenvalue weighted by Crippen LogP contribution is -2.53. The zero-order valence-electron chi connectivity index (χ0n) is 16.8. The van der Waals surface area contributed by atoms with Crippen molar-refractivity contribution in [3.63, 3.8) is 0 Å². The maximum atomic E-state index is 13.1. The van der Waals surface area contributed by atoms with Gasteiger partial charge >= 0.3 is 0 Å². The molecule has 10 heteroatoms. The predicted octanol–water partition coefficient (Wildman–Crippen LogP) is 1.08. The van der Waals surface area contributed by atoms with Crippen molar-refractivity contribution in [3.05, 3.63) is 59.9 Å². The van der Waals surface area contributed by atoms with E-state index >= 15 is 0 Å². The number of benzene rings is 1. The molecule has 1 fully saturated rings. The molecule has 4 rings (SSSR count). The molecule has 2 aliphatic rings. The lowest BCUT2D eigenvalue weighted by molar-refractivity contribution is -0.132. The van der Waals surface area contributed by atoms with Crippen LogP contribution in [-0.2, 0) is 16.1 Å². The smallest absolute Gasteiger partial charge is 0.274 e. The summed E-state index contributed by atoms with van der Waals surface area (Å²) in [6, 6.07) is 5.81. The van der Waals surface area contributed by atoms with E-state index in [0.717, 1.165) is 5.56 Å². The SMILES string of the molecule is O=C(C1=NN(Cc2ccc(F)cc2)C(=O)CC1)N1CCN(C(=O)c2cnccn2)CC1. The number of carbonyl (C=O) groups is 3. The molecule has 1 aromatic heterocycles. The fourth-order valence-corrected chi connectivity index (χ4v) is 3.51. The van der Waals surface area contributed by atoms with Crippen LogP contribution >= 0.6 is 0 Å². The Bertz CT molecular complexity index is 1000. The Kier molecular flexibility index (Phi) is 5.96. The van der Waals surface area contributed by atoms with Gasteiger partial charge in [-0.25, -0.2) is 14.4 Å². The van der Waals surface area contributed by atoms with Gasteiger partial charge < -0.3 is 9.80 Å². The van der Waals surface area contributed by atoms with Crippen LogP contribution in [0.5, 0.6) is 0 Å². The zero-order valence-corrected chi connectivity index (χ0v) is 16.8. The van der Waals surface area contributed by atoms with Crippen LogP contribution in [0.1, 0.15) is 28.9 Å². The van der Waals surface area contributed by atoms with Gasteiger partial charge in [0.05, 0.1) is 12.7 Å². The molecule has 160 valence electrons. The van der Waals surface area contributed by atoms with Crippen molar-refractivity contribution in [1.82, 2.24) is 24.8 Å². The van der Waals surface area contributed by atoms with Gasteiger partial charge in [0.15, 0.2) is 0 Å². The maximum Gasteiger partial charge on any atom is 0.274 e. The minimum atomic E-state index is -0.356. The van der Waals surface area contributed by atoms with Crippen molar-refractivity contribution in [2.45, 2.75) is 19.4 Å². The molecule has 3 amide bonds. The molecular weight excluding hydrogens is 403 g/mol. The first kappa shape index (κ1) is 20.6. The Morgan fingerprint density at radius 2 is 1.61 bits per heavy atom. The van der Waals surface area contributed by atoms with Gasteiger partial charge in [0.2, 0.25) is 5.91 Å². The van der Waals surface area contributed by atoms with Crippen molar-refractivity contribution in [3.8, 4) is 0 Å². The molecule has 0 N–H and O–H groups in total. The molecule has 0 bridgehead atoms. The van der Waals surface area contributed by atoms with Crippen LogP contribution in [0.2, 0.25) is 0 Å². The van der Waals surface area contributed by atoms with Crippen molar-refractivity contribution in [1.29, 1.82) is 0 Å². The number of aromatic nitrogens is 2. The Balaban J connectivity index is 1.38. The molecular formula is C21H21FN6O3. The number of rotatable bonds is 4. The van der Waals surface area contributed by atoms with Crippen molar-refractivity contribution in [2.24, 2.45) is 5.10 Å². The average molecular weight is 424 g/mol. The van der Waals surface area contributed by atoms with E-state index in [1.54, 1.807) is 21.9 Å². The molecule has 0 radical (unpaired) electrons. The predicted molar refractivity (Wildman–Crippen MR) is 108 cm³/mol. The lowest BCUT2D eigenvalue weighted by atomic mass is 10.1. The summed E-state index contributed by atoms with van der Waals surface area (Å²) in [7, 11) is 0. The van der Waals surface area contributed by atoms with Gasteiger partial charge in [-0.2, -0.15) is 5.10 Å². The summed E-state index contributed by atoms with van der Waals surface area (Å²) in [5.74, 6) is -0.986. The van der Waals surface area contributed by atoms with Crippen LogP contribution in [0.3, 0.4) is 0 Å². The second kappa shape index (κ2) is 8.99. The highest BCUT2D eigenvalue weighted by Gasteiger charge is 2.31. The molecule has 3 heterocycles. The Labute approximate surface area is 178 Å². The van der Waals surface area contributed by atoms with Gasteiger partial charge in [0, 0.05) is 51.4 Å².